The SMILES string of the molecule is O=C(c1ccccc1OC1CCN(C2CCc3ccccc3C2)CC1)N1CCCCC1. The summed E-state index contributed by atoms with van der Waals surface area (Å²) in [5.41, 5.74) is 3.80. The molecule has 4 heteroatoms. The molecule has 164 valence electrons. The molecule has 0 aromatic heterocycles. The Morgan fingerprint density at radius 3 is 2.32 bits per heavy atom. The van der Waals surface area contributed by atoms with Gasteiger partial charge in [0.05, 0.1) is 5.56 Å². The number of carbonyl (C=O) groups is 1. The molecule has 0 spiro atoms. The molecule has 2 aliphatic heterocycles. The van der Waals surface area contributed by atoms with Crippen molar-refractivity contribution >= 4 is 5.91 Å². The molecular formula is C27H34N2O2. The summed E-state index contributed by atoms with van der Waals surface area (Å²) >= 11 is 0. The fourth-order valence-corrected chi connectivity index (χ4v) is 5.54. The molecular weight excluding hydrogens is 384 g/mol. The van der Waals surface area contributed by atoms with Crippen LogP contribution in [0.5, 0.6) is 5.75 Å². The highest BCUT2D eigenvalue weighted by Crippen LogP contribution is 2.29. The lowest BCUT2D eigenvalue weighted by Gasteiger charge is -2.39. The number of aryl methyl sites for hydroxylation is 1. The van der Waals surface area contributed by atoms with E-state index in [1.165, 1.54) is 36.8 Å². The Morgan fingerprint density at radius 2 is 1.52 bits per heavy atom. The zero-order valence-electron chi connectivity index (χ0n) is 18.5. The predicted molar refractivity (Wildman–Crippen MR) is 124 cm³/mol. The van der Waals surface area contributed by atoms with Gasteiger partial charge in [-0.15, -0.1) is 0 Å². The smallest absolute Gasteiger partial charge is 0.257 e. The standard InChI is InChI=1S/C27H34N2O2/c30-27(29-16-6-1-7-17-29)25-10-4-5-11-26(25)31-24-14-18-28(19-15-24)23-13-12-21-8-2-3-9-22(21)20-23/h2-5,8-11,23-24H,1,6-7,12-20H2. The van der Waals surface area contributed by atoms with E-state index in [0.717, 1.165) is 63.2 Å². The van der Waals surface area contributed by atoms with Crippen LogP contribution < -0.4 is 4.74 Å². The van der Waals surface area contributed by atoms with E-state index in [2.05, 4.69) is 29.2 Å². The van der Waals surface area contributed by atoms with E-state index in [1.807, 2.05) is 29.2 Å². The van der Waals surface area contributed by atoms with Gasteiger partial charge in [0.2, 0.25) is 0 Å². The molecule has 31 heavy (non-hydrogen) atoms. The second kappa shape index (κ2) is 9.44. The molecule has 1 amide bonds. The highest BCUT2D eigenvalue weighted by atomic mass is 16.5. The van der Waals surface area contributed by atoms with E-state index in [0.29, 0.717) is 6.04 Å². The Kier molecular flexibility index (Phi) is 6.26. The minimum Gasteiger partial charge on any atom is -0.489 e. The summed E-state index contributed by atoms with van der Waals surface area (Å²) in [7, 11) is 0. The van der Waals surface area contributed by atoms with Gasteiger partial charge in [0.25, 0.3) is 5.91 Å². The van der Waals surface area contributed by atoms with Gasteiger partial charge in [-0.05, 0) is 74.6 Å². The van der Waals surface area contributed by atoms with Crippen molar-refractivity contribution in [3.63, 3.8) is 0 Å². The molecule has 1 aliphatic carbocycles. The first-order chi connectivity index (χ1) is 15.3. The number of amides is 1. The van der Waals surface area contributed by atoms with Gasteiger partial charge in [-0.2, -0.15) is 0 Å². The lowest BCUT2D eigenvalue weighted by atomic mass is 9.86. The molecule has 0 bridgehead atoms. The number of nitrogens with zero attached hydrogens (tertiary/aromatic N) is 2. The van der Waals surface area contributed by atoms with Crippen LogP contribution in [0.25, 0.3) is 0 Å². The summed E-state index contributed by atoms with van der Waals surface area (Å²) in [5, 5.41) is 0. The van der Waals surface area contributed by atoms with Crippen molar-refractivity contribution in [1.29, 1.82) is 0 Å². The van der Waals surface area contributed by atoms with Gasteiger partial charge in [-0.3, -0.25) is 9.69 Å². The molecule has 4 nitrogen and oxygen atoms in total. The number of carbonyl (C=O) groups excluding carboxylic acids is 1. The number of likely N-dealkylation sites (tertiary alicyclic amines) is 2. The zero-order chi connectivity index (χ0) is 21.0. The van der Waals surface area contributed by atoms with Crippen molar-refractivity contribution in [1.82, 2.24) is 9.80 Å². The number of rotatable bonds is 4. The molecule has 3 aliphatic rings. The van der Waals surface area contributed by atoms with Crippen LogP contribution in [-0.4, -0.2) is 54.0 Å². The molecule has 5 rings (SSSR count). The highest BCUT2D eigenvalue weighted by Gasteiger charge is 2.29. The first kappa shape index (κ1) is 20.6. The molecule has 2 aromatic rings. The van der Waals surface area contributed by atoms with Crippen molar-refractivity contribution in [2.24, 2.45) is 0 Å². The van der Waals surface area contributed by atoms with Crippen LogP contribution in [0.4, 0.5) is 0 Å². The Morgan fingerprint density at radius 1 is 0.806 bits per heavy atom. The number of fused-ring (bicyclic) bond motifs is 1. The van der Waals surface area contributed by atoms with E-state index < -0.39 is 0 Å². The van der Waals surface area contributed by atoms with Crippen molar-refractivity contribution in [2.75, 3.05) is 26.2 Å². The lowest BCUT2D eigenvalue weighted by molar-refractivity contribution is 0.0651. The largest absolute Gasteiger partial charge is 0.489 e. The molecule has 2 heterocycles. The van der Waals surface area contributed by atoms with Crippen LogP contribution in [0, 0.1) is 0 Å². The van der Waals surface area contributed by atoms with E-state index in [1.54, 1.807) is 0 Å². The Bertz CT molecular complexity index is 898. The van der Waals surface area contributed by atoms with Gasteiger partial charge in [-0.1, -0.05) is 36.4 Å². The van der Waals surface area contributed by atoms with Gasteiger partial charge >= 0.3 is 0 Å². The number of para-hydroxylation sites is 1. The van der Waals surface area contributed by atoms with Crippen LogP contribution in [-0.2, 0) is 12.8 Å². The molecule has 0 N–H and O–H groups in total. The topological polar surface area (TPSA) is 32.8 Å². The second-order valence-corrected chi connectivity index (χ2v) is 9.37. The summed E-state index contributed by atoms with van der Waals surface area (Å²) in [5.74, 6) is 0.900. The Labute approximate surface area is 186 Å². The van der Waals surface area contributed by atoms with Crippen LogP contribution >= 0.6 is 0 Å². The maximum atomic E-state index is 13.1. The number of hydrogen-bond acceptors (Lipinski definition) is 3. The number of hydrogen-bond donors (Lipinski definition) is 0. The third kappa shape index (κ3) is 4.64. The molecule has 0 radical (unpaired) electrons. The number of ether oxygens (including phenoxy) is 1. The summed E-state index contributed by atoms with van der Waals surface area (Å²) < 4.78 is 6.42. The van der Waals surface area contributed by atoms with E-state index in [4.69, 9.17) is 4.74 Å². The first-order valence-corrected chi connectivity index (χ1v) is 12.1. The molecule has 1 unspecified atom stereocenters. The minimum atomic E-state index is 0.133. The summed E-state index contributed by atoms with van der Waals surface area (Å²) in [4.78, 5) is 17.7. The van der Waals surface area contributed by atoms with E-state index in [9.17, 15) is 4.79 Å². The fourth-order valence-electron chi connectivity index (χ4n) is 5.54. The molecule has 2 fully saturated rings. The number of piperidine rings is 2. The minimum absolute atomic E-state index is 0.133. The van der Waals surface area contributed by atoms with Crippen LogP contribution in [0.3, 0.4) is 0 Å². The third-order valence-corrected chi connectivity index (χ3v) is 7.37. The molecule has 1 atom stereocenters. The van der Waals surface area contributed by atoms with Crippen LogP contribution in [0.15, 0.2) is 48.5 Å². The van der Waals surface area contributed by atoms with Crippen LogP contribution in [0.2, 0.25) is 0 Å². The van der Waals surface area contributed by atoms with Crippen molar-refractivity contribution in [3.8, 4) is 5.75 Å². The first-order valence-electron chi connectivity index (χ1n) is 12.1. The summed E-state index contributed by atoms with van der Waals surface area (Å²) in [6.07, 6.45) is 9.34. The van der Waals surface area contributed by atoms with Gasteiger partial charge in [0, 0.05) is 32.2 Å². The summed E-state index contributed by atoms with van der Waals surface area (Å²) in [6, 6.07) is 17.4. The third-order valence-electron chi connectivity index (χ3n) is 7.37. The second-order valence-electron chi connectivity index (χ2n) is 9.37. The van der Waals surface area contributed by atoms with Crippen molar-refractivity contribution < 1.29 is 9.53 Å². The molecule has 0 saturated carbocycles. The van der Waals surface area contributed by atoms with Gasteiger partial charge in [-0.25, -0.2) is 0 Å². The highest BCUT2D eigenvalue weighted by molar-refractivity contribution is 5.97. The average molecular weight is 419 g/mol. The quantitative estimate of drug-likeness (QED) is 0.721. The maximum absolute atomic E-state index is 13.1. The van der Waals surface area contributed by atoms with Gasteiger partial charge in [0.15, 0.2) is 0 Å². The maximum Gasteiger partial charge on any atom is 0.257 e. The zero-order valence-corrected chi connectivity index (χ0v) is 18.5. The fraction of sp³-hybridized carbons (Fsp3) is 0.519. The van der Waals surface area contributed by atoms with Gasteiger partial charge < -0.3 is 9.64 Å². The van der Waals surface area contributed by atoms with Crippen molar-refractivity contribution in [2.45, 2.75) is 63.5 Å². The summed E-state index contributed by atoms with van der Waals surface area (Å²) in [6.45, 7) is 3.91. The molecule has 2 saturated heterocycles. The van der Waals surface area contributed by atoms with Gasteiger partial charge in [0.1, 0.15) is 11.9 Å². The van der Waals surface area contributed by atoms with Crippen LogP contribution in [0.1, 0.15) is 60.0 Å². The van der Waals surface area contributed by atoms with Crippen molar-refractivity contribution in [3.05, 3.63) is 65.2 Å². The number of benzene rings is 2. The Hall–Kier alpha value is -2.33. The Balaban J connectivity index is 1.18. The predicted octanol–water partition coefficient (Wildman–Crippen LogP) is 4.71. The van der Waals surface area contributed by atoms with E-state index >= 15 is 0 Å². The normalized spacial score (nSPS) is 22.7. The monoisotopic (exact) mass is 418 g/mol. The van der Waals surface area contributed by atoms with E-state index in [-0.39, 0.29) is 12.0 Å². The molecule has 2 aromatic carbocycles. The average Bonchev–Trinajstić information content (AvgIpc) is 2.85. The lowest BCUT2D eigenvalue weighted by Crippen LogP contribution is -2.46.